The first-order chi connectivity index (χ1) is 14.3. The van der Waals surface area contributed by atoms with E-state index in [9.17, 15) is 4.79 Å². The van der Waals surface area contributed by atoms with Gasteiger partial charge in [-0.3, -0.25) is 4.79 Å². The maximum atomic E-state index is 12.1. The first-order valence-corrected chi connectivity index (χ1v) is 9.74. The first-order valence-electron chi connectivity index (χ1n) is 9.74. The molecule has 1 aromatic heterocycles. The van der Waals surface area contributed by atoms with Gasteiger partial charge in [0.2, 0.25) is 5.91 Å². The quantitative estimate of drug-likeness (QED) is 0.484. The molecule has 0 aliphatic heterocycles. The number of methoxy groups -OCH3 is 1. The Morgan fingerprint density at radius 2 is 1.59 bits per heavy atom. The van der Waals surface area contributed by atoms with Gasteiger partial charge in [0.1, 0.15) is 6.61 Å². The summed E-state index contributed by atoms with van der Waals surface area (Å²) in [7, 11) is 1.53. The molecule has 0 saturated carbocycles. The van der Waals surface area contributed by atoms with E-state index in [1.807, 2.05) is 42.5 Å². The highest BCUT2D eigenvalue weighted by atomic mass is 16.5. The molecule has 1 atom stereocenters. The normalized spacial score (nSPS) is 12.0. The Labute approximate surface area is 170 Å². The van der Waals surface area contributed by atoms with Gasteiger partial charge in [-0.2, -0.15) is 0 Å². The number of benzene rings is 3. The minimum Gasteiger partial charge on any atom is -0.375 e. The summed E-state index contributed by atoms with van der Waals surface area (Å²) in [4.78, 5) is 15.7. The van der Waals surface area contributed by atoms with Gasteiger partial charge in [0.25, 0.3) is 0 Å². The summed E-state index contributed by atoms with van der Waals surface area (Å²) in [5.41, 5.74) is 5.65. The SMILES string of the molecule is COCC(=O)NC[C@@H](c1ccccc1)c1c(-c2ccccc2)[nH]c2ccccc12. The number of amides is 1. The maximum Gasteiger partial charge on any atom is 0.246 e. The van der Waals surface area contributed by atoms with Crippen LogP contribution in [0.2, 0.25) is 0 Å². The molecule has 29 heavy (non-hydrogen) atoms. The molecule has 0 unspecified atom stereocenters. The molecule has 2 N–H and O–H groups in total. The maximum absolute atomic E-state index is 12.1. The van der Waals surface area contributed by atoms with Gasteiger partial charge < -0.3 is 15.0 Å². The van der Waals surface area contributed by atoms with Gasteiger partial charge >= 0.3 is 0 Å². The minimum absolute atomic E-state index is 0.00311. The molecular weight excluding hydrogens is 360 g/mol. The first kappa shape index (κ1) is 19.0. The van der Waals surface area contributed by atoms with E-state index in [0.717, 1.165) is 22.3 Å². The van der Waals surface area contributed by atoms with Crippen LogP contribution < -0.4 is 5.32 Å². The molecule has 3 aromatic carbocycles. The summed E-state index contributed by atoms with van der Waals surface area (Å²) in [6.07, 6.45) is 0. The zero-order valence-electron chi connectivity index (χ0n) is 16.4. The molecular formula is C25H24N2O2. The van der Waals surface area contributed by atoms with E-state index in [-0.39, 0.29) is 18.4 Å². The fourth-order valence-electron chi connectivity index (χ4n) is 3.83. The van der Waals surface area contributed by atoms with Crippen LogP contribution in [0.4, 0.5) is 0 Å². The number of carbonyl (C=O) groups is 1. The third kappa shape index (κ3) is 4.08. The molecule has 4 heteroatoms. The average molecular weight is 384 g/mol. The van der Waals surface area contributed by atoms with Crippen molar-refractivity contribution in [2.45, 2.75) is 5.92 Å². The molecule has 0 bridgehead atoms. The third-order valence-corrected chi connectivity index (χ3v) is 5.14. The van der Waals surface area contributed by atoms with Crippen LogP contribution in [0, 0.1) is 0 Å². The fourth-order valence-corrected chi connectivity index (χ4v) is 3.83. The molecule has 0 fully saturated rings. The third-order valence-electron chi connectivity index (χ3n) is 5.14. The molecule has 4 nitrogen and oxygen atoms in total. The van der Waals surface area contributed by atoms with Crippen molar-refractivity contribution in [2.24, 2.45) is 0 Å². The number of aromatic nitrogens is 1. The van der Waals surface area contributed by atoms with E-state index in [2.05, 4.69) is 52.8 Å². The van der Waals surface area contributed by atoms with E-state index < -0.39 is 0 Å². The van der Waals surface area contributed by atoms with Crippen LogP contribution in [-0.2, 0) is 9.53 Å². The summed E-state index contributed by atoms with van der Waals surface area (Å²) in [6.45, 7) is 0.550. The summed E-state index contributed by atoms with van der Waals surface area (Å²) >= 11 is 0. The van der Waals surface area contributed by atoms with Crippen LogP contribution in [0.3, 0.4) is 0 Å². The zero-order valence-corrected chi connectivity index (χ0v) is 16.4. The van der Waals surface area contributed by atoms with Crippen molar-refractivity contribution < 1.29 is 9.53 Å². The molecule has 146 valence electrons. The van der Waals surface area contributed by atoms with E-state index in [1.165, 1.54) is 18.1 Å². The number of nitrogens with one attached hydrogen (secondary N) is 2. The van der Waals surface area contributed by atoms with Gasteiger partial charge in [0.05, 0.1) is 5.69 Å². The van der Waals surface area contributed by atoms with Crippen molar-refractivity contribution in [1.29, 1.82) is 0 Å². The Morgan fingerprint density at radius 1 is 0.931 bits per heavy atom. The van der Waals surface area contributed by atoms with Crippen molar-refractivity contribution in [3.8, 4) is 11.3 Å². The lowest BCUT2D eigenvalue weighted by molar-refractivity contribution is -0.124. The molecule has 0 spiro atoms. The van der Waals surface area contributed by atoms with Crippen LogP contribution in [0.5, 0.6) is 0 Å². The number of aromatic amines is 1. The fraction of sp³-hybridized carbons (Fsp3) is 0.160. The predicted octanol–water partition coefficient (Wildman–Crippen LogP) is 4.73. The van der Waals surface area contributed by atoms with Crippen molar-refractivity contribution in [3.05, 3.63) is 96.1 Å². The van der Waals surface area contributed by atoms with E-state index in [0.29, 0.717) is 6.54 Å². The van der Waals surface area contributed by atoms with Crippen molar-refractivity contribution in [2.75, 3.05) is 20.3 Å². The van der Waals surface area contributed by atoms with E-state index in [4.69, 9.17) is 4.74 Å². The van der Waals surface area contributed by atoms with Crippen molar-refractivity contribution in [3.63, 3.8) is 0 Å². The van der Waals surface area contributed by atoms with Crippen molar-refractivity contribution in [1.82, 2.24) is 10.3 Å². The number of hydrogen-bond donors (Lipinski definition) is 2. The number of hydrogen-bond acceptors (Lipinski definition) is 2. The molecule has 0 saturated heterocycles. The molecule has 1 heterocycles. The average Bonchev–Trinajstić information content (AvgIpc) is 3.15. The van der Waals surface area contributed by atoms with Gasteiger partial charge in [-0.05, 0) is 22.8 Å². The van der Waals surface area contributed by atoms with E-state index >= 15 is 0 Å². The second-order valence-corrected chi connectivity index (χ2v) is 7.03. The lowest BCUT2D eigenvalue weighted by Crippen LogP contribution is -2.31. The summed E-state index contributed by atoms with van der Waals surface area (Å²) in [6, 6.07) is 29.0. The number of para-hydroxylation sites is 1. The summed E-state index contributed by atoms with van der Waals surface area (Å²) in [5, 5.41) is 4.20. The monoisotopic (exact) mass is 384 g/mol. The Bertz CT molecular complexity index is 1090. The molecule has 4 aromatic rings. The van der Waals surface area contributed by atoms with Gasteiger partial charge in [-0.15, -0.1) is 0 Å². The Balaban J connectivity index is 1.86. The lowest BCUT2D eigenvalue weighted by atomic mass is 9.87. The highest BCUT2D eigenvalue weighted by Gasteiger charge is 2.23. The smallest absolute Gasteiger partial charge is 0.246 e. The number of ether oxygens (including phenoxy) is 1. The highest BCUT2D eigenvalue weighted by molar-refractivity contribution is 5.92. The minimum atomic E-state index is -0.116. The molecule has 4 rings (SSSR count). The Morgan fingerprint density at radius 3 is 2.31 bits per heavy atom. The standard InChI is InChI=1S/C25H24N2O2/c1-29-17-23(28)26-16-21(18-10-4-2-5-11-18)24-20-14-8-9-15-22(20)27-25(24)19-12-6-3-7-13-19/h2-15,21,27H,16-17H2,1H3,(H,26,28)/t21-/m0/s1. The second-order valence-electron chi connectivity index (χ2n) is 7.03. The Hall–Kier alpha value is -3.37. The van der Waals surface area contributed by atoms with Gasteiger partial charge in [0.15, 0.2) is 0 Å². The van der Waals surface area contributed by atoms with Crippen LogP contribution >= 0.6 is 0 Å². The van der Waals surface area contributed by atoms with Crippen molar-refractivity contribution >= 4 is 16.8 Å². The topological polar surface area (TPSA) is 54.1 Å². The van der Waals surface area contributed by atoms with Crippen LogP contribution in [0.1, 0.15) is 17.0 Å². The zero-order chi connectivity index (χ0) is 20.1. The van der Waals surface area contributed by atoms with E-state index in [1.54, 1.807) is 0 Å². The number of fused-ring (bicyclic) bond motifs is 1. The summed E-state index contributed by atoms with van der Waals surface area (Å²) < 4.78 is 4.98. The number of rotatable bonds is 7. The Kier molecular flexibility index (Phi) is 5.73. The van der Waals surface area contributed by atoms with Gasteiger partial charge in [-0.1, -0.05) is 78.9 Å². The van der Waals surface area contributed by atoms with Crippen LogP contribution in [-0.4, -0.2) is 31.2 Å². The predicted molar refractivity (Wildman–Crippen MR) is 117 cm³/mol. The largest absolute Gasteiger partial charge is 0.375 e. The second kappa shape index (κ2) is 8.76. The molecule has 0 aliphatic rings. The molecule has 0 radical (unpaired) electrons. The lowest BCUT2D eigenvalue weighted by Gasteiger charge is -2.20. The number of carbonyl (C=O) groups excluding carboxylic acids is 1. The molecule has 1 amide bonds. The van der Waals surface area contributed by atoms with Crippen LogP contribution in [0.15, 0.2) is 84.9 Å². The summed E-state index contributed by atoms with van der Waals surface area (Å²) in [5.74, 6) is -0.113. The van der Waals surface area contributed by atoms with Gasteiger partial charge in [0, 0.05) is 30.5 Å². The molecule has 0 aliphatic carbocycles. The van der Waals surface area contributed by atoms with Crippen LogP contribution in [0.25, 0.3) is 22.2 Å². The highest BCUT2D eigenvalue weighted by Crippen LogP contribution is 2.38. The van der Waals surface area contributed by atoms with Gasteiger partial charge in [-0.25, -0.2) is 0 Å². The number of H-pyrrole nitrogens is 1.